The summed E-state index contributed by atoms with van der Waals surface area (Å²) in [5.41, 5.74) is -3.51. The number of carbonyl (C=O) groups excluding carboxylic acids is 2. The Morgan fingerprint density at radius 2 is 2.00 bits per heavy atom. The van der Waals surface area contributed by atoms with Crippen molar-refractivity contribution >= 4 is 24.0 Å². The van der Waals surface area contributed by atoms with Gasteiger partial charge in [-0.25, -0.2) is 4.79 Å². The fourth-order valence-corrected chi connectivity index (χ4v) is 1.95. The van der Waals surface area contributed by atoms with E-state index in [-0.39, 0.29) is 12.0 Å². The number of halogens is 3. The van der Waals surface area contributed by atoms with Crippen molar-refractivity contribution in [3.63, 3.8) is 0 Å². The van der Waals surface area contributed by atoms with Crippen LogP contribution >= 0.6 is 11.6 Å². The van der Waals surface area contributed by atoms with Gasteiger partial charge in [-0.3, -0.25) is 4.79 Å². The third-order valence-corrected chi connectivity index (χ3v) is 3.02. The Balaban J connectivity index is 3.44. The molecule has 0 saturated heterocycles. The molecule has 0 unspecified atom stereocenters. The molecule has 0 aromatic heterocycles. The van der Waals surface area contributed by atoms with E-state index >= 15 is 0 Å². The summed E-state index contributed by atoms with van der Waals surface area (Å²) in [6.45, 7) is 0. The highest BCUT2D eigenvalue weighted by atomic mass is 35.5. The van der Waals surface area contributed by atoms with Crippen molar-refractivity contribution in [2.75, 3.05) is 7.11 Å². The fourth-order valence-electron chi connectivity index (χ4n) is 1.73. The Morgan fingerprint density at radius 1 is 1.45 bits per heavy atom. The van der Waals surface area contributed by atoms with Gasteiger partial charge in [0.1, 0.15) is 0 Å². The number of hydrogen-bond acceptors (Lipinski definition) is 4. The zero-order valence-electron chi connectivity index (χ0n) is 10.3. The predicted molar refractivity (Wildman–Crippen MR) is 66.1 cm³/mol. The van der Waals surface area contributed by atoms with Gasteiger partial charge in [0.05, 0.1) is 7.11 Å². The van der Waals surface area contributed by atoms with E-state index in [1.54, 1.807) is 0 Å². The van der Waals surface area contributed by atoms with E-state index in [2.05, 4.69) is 4.74 Å². The maximum absolute atomic E-state index is 13.7. The molecular weight excluding hydrogens is 296 g/mol. The van der Waals surface area contributed by atoms with Crippen LogP contribution in [0.1, 0.15) is 5.56 Å². The van der Waals surface area contributed by atoms with Crippen LogP contribution in [0.5, 0.6) is 0 Å². The van der Waals surface area contributed by atoms with E-state index < -0.39 is 23.0 Å². The summed E-state index contributed by atoms with van der Waals surface area (Å²) in [6, 6.07) is 4.50. The third-order valence-electron chi connectivity index (χ3n) is 2.74. The number of aliphatic hydroxyl groups is 1. The van der Waals surface area contributed by atoms with E-state index in [1.807, 2.05) is 5.32 Å². The summed E-state index contributed by atoms with van der Waals surface area (Å²) in [5.74, 6) is -1.26. The molecule has 0 saturated carbocycles. The van der Waals surface area contributed by atoms with Gasteiger partial charge < -0.3 is 15.2 Å². The molecular formula is C12H12ClF2NO4. The van der Waals surface area contributed by atoms with Crippen molar-refractivity contribution in [1.82, 2.24) is 5.32 Å². The average Bonchev–Trinajstić information content (AvgIpc) is 2.43. The molecule has 110 valence electrons. The Kier molecular flexibility index (Phi) is 5.02. The van der Waals surface area contributed by atoms with Crippen LogP contribution in [-0.2, 0) is 19.9 Å². The van der Waals surface area contributed by atoms with E-state index in [4.69, 9.17) is 11.6 Å². The number of rotatable bonds is 6. The zero-order chi connectivity index (χ0) is 15.4. The summed E-state index contributed by atoms with van der Waals surface area (Å²) in [5, 5.41) is 7.88. The highest BCUT2D eigenvalue weighted by molar-refractivity contribution is 6.22. The van der Waals surface area contributed by atoms with Gasteiger partial charge in [0.2, 0.25) is 6.41 Å². The number of nitrogens with one attached hydrogen (secondary N) is 1. The molecule has 1 rings (SSSR count). The van der Waals surface area contributed by atoms with Crippen LogP contribution in [0.25, 0.3) is 0 Å². The first kappa shape index (κ1) is 16.3. The molecule has 1 aromatic carbocycles. The second kappa shape index (κ2) is 6.15. The monoisotopic (exact) mass is 307 g/mol. The molecule has 1 amide bonds. The second-order valence-electron chi connectivity index (χ2n) is 3.87. The van der Waals surface area contributed by atoms with Crippen LogP contribution in [0.2, 0.25) is 0 Å². The number of benzene rings is 1. The lowest BCUT2D eigenvalue weighted by Crippen LogP contribution is -2.60. The summed E-state index contributed by atoms with van der Waals surface area (Å²) >= 11 is 4.96. The number of esters is 1. The van der Waals surface area contributed by atoms with Crippen LogP contribution in [0.3, 0.4) is 0 Å². The van der Waals surface area contributed by atoms with Crippen LogP contribution in [0.4, 0.5) is 8.78 Å². The number of alkyl halides is 3. The van der Waals surface area contributed by atoms with Gasteiger partial charge in [0, 0.05) is 0 Å². The minimum Gasteiger partial charge on any atom is -0.467 e. The van der Waals surface area contributed by atoms with E-state index in [0.717, 1.165) is 19.2 Å². The normalized spacial score (nSPS) is 15.8. The molecule has 8 heteroatoms. The summed E-state index contributed by atoms with van der Waals surface area (Å²) < 4.78 is 31.7. The third kappa shape index (κ3) is 2.88. The summed E-state index contributed by atoms with van der Waals surface area (Å²) in [6.07, 6.45) is -0.00186. The first-order chi connectivity index (χ1) is 9.29. The maximum Gasteiger partial charge on any atom is 0.356 e. The van der Waals surface area contributed by atoms with E-state index in [9.17, 15) is 23.5 Å². The molecule has 2 atom stereocenters. The smallest absolute Gasteiger partial charge is 0.356 e. The molecule has 0 bridgehead atoms. The Morgan fingerprint density at radius 3 is 2.40 bits per heavy atom. The molecule has 1 aromatic rings. The zero-order valence-corrected chi connectivity index (χ0v) is 11.1. The van der Waals surface area contributed by atoms with Gasteiger partial charge in [-0.2, -0.15) is 8.78 Å². The van der Waals surface area contributed by atoms with Crippen molar-refractivity contribution in [3.05, 3.63) is 35.9 Å². The molecule has 20 heavy (non-hydrogen) atoms. The average molecular weight is 308 g/mol. The highest BCUT2D eigenvalue weighted by Crippen LogP contribution is 2.43. The molecule has 0 spiro atoms. The molecule has 0 aliphatic heterocycles. The van der Waals surface area contributed by atoms with Crippen molar-refractivity contribution in [3.8, 4) is 0 Å². The van der Waals surface area contributed by atoms with E-state index in [0.29, 0.717) is 0 Å². The molecule has 0 radical (unpaired) electrons. The van der Waals surface area contributed by atoms with Gasteiger partial charge >= 0.3 is 11.4 Å². The second-order valence-corrected chi connectivity index (χ2v) is 4.35. The van der Waals surface area contributed by atoms with E-state index in [1.165, 1.54) is 18.2 Å². The lowest BCUT2D eigenvalue weighted by atomic mass is 9.86. The Hall–Kier alpha value is -1.73. The molecule has 0 heterocycles. The Bertz CT molecular complexity index is 480. The quantitative estimate of drug-likeness (QED) is 0.467. The largest absolute Gasteiger partial charge is 0.467 e. The van der Waals surface area contributed by atoms with Crippen molar-refractivity contribution < 1.29 is 28.2 Å². The highest BCUT2D eigenvalue weighted by Gasteiger charge is 2.60. The van der Waals surface area contributed by atoms with Gasteiger partial charge in [-0.05, 0) is 17.2 Å². The number of carbonyl (C=O) groups is 2. The summed E-state index contributed by atoms with van der Waals surface area (Å²) in [4.78, 5) is 22.1. The van der Waals surface area contributed by atoms with Crippen molar-refractivity contribution in [1.29, 1.82) is 0 Å². The van der Waals surface area contributed by atoms with Gasteiger partial charge in [0.25, 0.3) is 0 Å². The van der Waals surface area contributed by atoms with Gasteiger partial charge in [0.15, 0.2) is 11.6 Å². The Labute approximate surface area is 118 Å². The lowest BCUT2D eigenvalue weighted by molar-refractivity contribution is -0.179. The molecule has 0 aliphatic rings. The maximum atomic E-state index is 13.7. The SMILES string of the molecule is COC(=O)[C@@H](NC=O)[C@](O)(c1ccccc1)C(F)(F)Cl. The molecule has 2 N–H and O–H groups in total. The first-order valence-electron chi connectivity index (χ1n) is 5.41. The molecule has 0 aliphatic carbocycles. The predicted octanol–water partition coefficient (Wildman–Crippen LogP) is 0.993. The molecule has 0 fully saturated rings. The van der Waals surface area contributed by atoms with Crippen LogP contribution < -0.4 is 5.32 Å². The minimum atomic E-state index is -4.23. The molecule has 5 nitrogen and oxygen atoms in total. The minimum absolute atomic E-state index is 0.00186. The van der Waals surface area contributed by atoms with Gasteiger partial charge in [-0.1, -0.05) is 30.3 Å². The van der Waals surface area contributed by atoms with Crippen LogP contribution in [0, 0.1) is 0 Å². The lowest BCUT2D eigenvalue weighted by Gasteiger charge is -2.37. The van der Waals surface area contributed by atoms with Gasteiger partial charge in [-0.15, -0.1) is 0 Å². The number of hydrogen-bond donors (Lipinski definition) is 2. The van der Waals surface area contributed by atoms with Crippen molar-refractivity contribution in [2.24, 2.45) is 0 Å². The van der Waals surface area contributed by atoms with Crippen molar-refractivity contribution in [2.45, 2.75) is 17.0 Å². The summed E-state index contributed by atoms with van der Waals surface area (Å²) in [7, 11) is 0.930. The fraction of sp³-hybridized carbons (Fsp3) is 0.333. The topological polar surface area (TPSA) is 75.6 Å². The van der Waals surface area contributed by atoms with Crippen LogP contribution in [0.15, 0.2) is 30.3 Å². The number of amides is 1. The number of methoxy groups -OCH3 is 1. The standard InChI is InChI=1S/C12H12ClF2NO4/c1-20-10(18)9(16-7-17)11(19,12(13,14)15)8-5-3-2-4-6-8/h2-7,9,19H,1H3,(H,16,17)/t9-,11-/m1/s1. The van der Waals surface area contributed by atoms with Crippen LogP contribution in [-0.4, -0.2) is 36.0 Å². The number of ether oxygens (including phenoxy) is 1. The first-order valence-corrected chi connectivity index (χ1v) is 5.79.